The Kier molecular flexibility index (Phi) is 4.04. The van der Waals surface area contributed by atoms with Crippen LogP contribution in [0.1, 0.15) is 34.2 Å². The smallest absolute Gasteiger partial charge is 0.203 e. The molecule has 0 radical (unpaired) electrons. The SMILES string of the molecule is C=CCn1cc(C)nc1NC(C)c1sc(C)nc1C. The molecule has 0 aromatic carbocycles. The van der Waals surface area contributed by atoms with Crippen LogP contribution >= 0.6 is 11.3 Å². The number of thiazole rings is 1. The van der Waals surface area contributed by atoms with Crippen molar-refractivity contribution >= 4 is 17.3 Å². The predicted octanol–water partition coefficient (Wildman–Crippen LogP) is 3.62. The van der Waals surface area contributed by atoms with Crippen molar-refractivity contribution in [3.63, 3.8) is 0 Å². The first kappa shape index (κ1) is 13.8. The summed E-state index contributed by atoms with van der Waals surface area (Å²) in [4.78, 5) is 10.3. The zero-order chi connectivity index (χ0) is 14.0. The summed E-state index contributed by atoms with van der Waals surface area (Å²) in [7, 11) is 0. The Hall–Kier alpha value is -1.62. The van der Waals surface area contributed by atoms with Crippen LogP contribution in [0.3, 0.4) is 0 Å². The van der Waals surface area contributed by atoms with E-state index < -0.39 is 0 Å². The number of allylic oxidation sites excluding steroid dienone is 1. The van der Waals surface area contributed by atoms with Gasteiger partial charge in [-0.25, -0.2) is 9.97 Å². The van der Waals surface area contributed by atoms with Gasteiger partial charge in [-0.15, -0.1) is 17.9 Å². The van der Waals surface area contributed by atoms with Crippen LogP contribution in [0.25, 0.3) is 0 Å². The van der Waals surface area contributed by atoms with Crippen LogP contribution in [-0.4, -0.2) is 14.5 Å². The van der Waals surface area contributed by atoms with Crippen molar-refractivity contribution in [3.8, 4) is 0 Å². The van der Waals surface area contributed by atoms with Gasteiger partial charge < -0.3 is 9.88 Å². The highest BCUT2D eigenvalue weighted by Crippen LogP contribution is 2.27. The number of anilines is 1. The third-order valence-electron chi connectivity index (χ3n) is 2.90. The van der Waals surface area contributed by atoms with E-state index in [4.69, 9.17) is 0 Å². The Bertz CT molecular complexity index is 582. The number of hydrogen-bond acceptors (Lipinski definition) is 4. The molecule has 0 aliphatic heterocycles. The highest BCUT2D eigenvalue weighted by Gasteiger charge is 2.15. The zero-order valence-electron chi connectivity index (χ0n) is 11.9. The van der Waals surface area contributed by atoms with Gasteiger partial charge in [0.2, 0.25) is 5.95 Å². The summed E-state index contributed by atoms with van der Waals surface area (Å²) in [6.45, 7) is 12.8. The number of imidazole rings is 1. The first-order valence-electron chi connectivity index (χ1n) is 6.36. The number of nitrogens with one attached hydrogen (secondary N) is 1. The Labute approximate surface area is 118 Å². The van der Waals surface area contributed by atoms with Gasteiger partial charge in [0.15, 0.2) is 0 Å². The standard InChI is InChI=1S/C14H20N4S/c1-6-7-18-8-9(2)15-14(18)17-11(4)13-10(3)16-12(5)19-13/h6,8,11H,1,7H2,2-5H3,(H,15,17). The van der Waals surface area contributed by atoms with Gasteiger partial charge in [-0.3, -0.25) is 0 Å². The lowest BCUT2D eigenvalue weighted by molar-refractivity contribution is 0.786. The lowest BCUT2D eigenvalue weighted by Gasteiger charge is -2.14. The summed E-state index contributed by atoms with van der Waals surface area (Å²) in [5.41, 5.74) is 2.11. The predicted molar refractivity (Wildman–Crippen MR) is 80.8 cm³/mol. The van der Waals surface area contributed by atoms with Crippen molar-refractivity contribution in [2.24, 2.45) is 0 Å². The molecule has 0 aliphatic carbocycles. The van der Waals surface area contributed by atoms with Gasteiger partial charge in [0.25, 0.3) is 0 Å². The van der Waals surface area contributed by atoms with E-state index in [-0.39, 0.29) is 6.04 Å². The largest absolute Gasteiger partial charge is 0.348 e. The zero-order valence-corrected chi connectivity index (χ0v) is 12.7. The molecule has 0 saturated heterocycles. The molecule has 0 amide bonds. The molecule has 2 rings (SSSR count). The summed E-state index contributed by atoms with van der Waals surface area (Å²) >= 11 is 1.74. The molecule has 1 unspecified atom stereocenters. The van der Waals surface area contributed by atoms with E-state index >= 15 is 0 Å². The third kappa shape index (κ3) is 3.04. The number of aryl methyl sites for hydroxylation is 3. The molecule has 2 aromatic rings. The maximum Gasteiger partial charge on any atom is 0.203 e. The Morgan fingerprint density at radius 2 is 2.16 bits per heavy atom. The van der Waals surface area contributed by atoms with Crippen molar-refractivity contribution in [2.75, 3.05) is 5.32 Å². The normalized spacial score (nSPS) is 12.4. The quantitative estimate of drug-likeness (QED) is 0.848. The van der Waals surface area contributed by atoms with Gasteiger partial charge in [0.05, 0.1) is 22.4 Å². The fourth-order valence-electron chi connectivity index (χ4n) is 2.15. The lowest BCUT2D eigenvalue weighted by Crippen LogP contribution is -2.11. The monoisotopic (exact) mass is 276 g/mol. The van der Waals surface area contributed by atoms with E-state index in [1.165, 1.54) is 4.88 Å². The highest BCUT2D eigenvalue weighted by molar-refractivity contribution is 7.11. The Morgan fingerprint density at radius 3 is 2.74 bits per heavy atom. The van der Waals surface area contributed by atoms with Crippen LogP contribution in [-0.2, 0) is 6.54 Å². The Morgan fingerprint density at radius 1 is 1.42 bits per heavy atom. The van der Waals surface area contributed by atoms with E-state index in [1.807, 2.05) is 26.1 Å². The van der Waals surface area contributed by atoms with Crippen LogP contribution in [0.2, 0.25) is 0 Å². The number of rotatable bonds is 5. The second-order valence-electron chi connectivity index (χ2n) is 4.70. The van der Waals surface area contributed by atoms with Crippen LogP contribution in [0.5, 0.6) is 0 Å². The summed E-state index contributed by atoms with van der Waals surface area (Å²) in [6.07, 6.45) is 3.90. The number of aromatic nitrogens is 3. The number of nitrogens with zero attached hydrogens (tertiary/aromatic N) is 3. The summed E-state index contributed by atoms with van der Waals surface area (Å²) < 4.78 is 2.07. The molecule has 4 nitrogen and oxygen atoms in total. The van der Waals surface area contributed by atoms with Crippen molar-refractivity contribution < 1.29 is 0 Å². The van der Waals surface area contributed by atoms with Gasteiger partial charge in [-0.2, -0.15) is 0 Å². The van der Waals surface area contributed by atoms with Gasteiger partial charge in [0.1, 0.15) is 0 Å². The first-order valence-corrected chi connectivity index (χ1v) is 7.18. The second kappa shape index (κ2) is 5.57. The van der Waals surface area contributed by atoms with E-state index in [0.717, 1.165) is 28.9 Å². The second-order valence-corrected chi connectivity index (χ2v) is 5.93. The summed E-state index contributed by atoms with van der Waals surface area (Å²) in [5, 5.41) is 4.56. The average molecular weight is 276 g/mol. The summed E-state index contributed by atoms with van der Waals surface area (Å²) in [6, 6.07) is 0.205. The van der Waals surface area contributed by atoms with Gasteiger partial charge >= 0.3 is 0 Å². The molecular formula is C14H20N4S. The molecule has 0 bridgehead atoms. The highest BCUT2D eigenvalue weighted by atomic mass is 32.1. The van der Waals surface area contributed by atoms with Gasteiger partial charge in [-0.05, 0) is 27.7 Å². The van der Waals surface area contributed by atoms with Crippen molar-refractivity contribution in [1.82, 2.24) is 14.5 Å². The molecule has 0 spiro atoms. The van der Waals surface area contributed by atoms with Crippen molar-refractivity contribution in [3.05, 3.63) is 40.1 Å². The molecule has 19 heavy (non-hydrogen) atoms. The molecular weight excluding hydrogens is 256 g/mol. The third-order valence-corrected chi connectivity index (χ3v) is 4.16. The average Bonchev–Trinajstić information content (AvgIpc) is 2.83. The van der Waals surface area contributed by atoms with E-state index in [9.17, 15) is 0 Å². The molecule has 102 valence electrons. The van der Waals surface area contributed by atoms with Gasteiger partial charge in [0, 0.05) is 17.6 Å². The van der Waals surface area contributed by atoms with Crippen molar-refractivity contribution in [2.45, 2.75) is 40.3 Å². The van der Waals surface area contributed by atoms with Crippen molar-refractivity contribution in [1.29, 1.82) is 0 Å². The molecule has 0 fully saturated rings. The summed E-state index contributed by atoms with van der Waals surface area (Å²) in [5.74, 6) is 0.885. The van der Waals surface area contributed by atoms with Crippen LogP contribution in [0, 0.1) is 20.8 Å². The topological polar surface area (TPSA) is 42.7 Å². The molecule has 5 heteroatoms. The fraction of sp³-hybridized carbons (Fsp3) is 0.429. The molecule has 0 aliphatic rings. The van der Waals surface area contributed by atoms with Crippen LogP contribution in [0.4, 0.5) is 5.95 Å². The number of hydrogen-bond donors (Lipinski definition) is 1. The molecule has 0 saturated carbocycles. The maximum atomic E-state index is 4.52. The molecule has 1 atom stereocenters. The fourth-order valence-corrected chi connectivity index (χ4v) is 3.08. The first-order chi connectivity index (χ1) is 9.01. The van der Waals surface area contributed by atoms with Crippen LogP contribution in [0.15, 0.2) is 18.9 Å². The van der Waals surface area contributed by atoms with Crippen LogP contribution < -0.4 is 5.32 Å². The lowest BCUT2D eigenvalue weighted by atomic mass is 10.2. The van der Waals surface area contributed by atoms with Gasteiger partial charge in [-0.1, -0.05) is 6.08 Å². The maximum absolute atomic E-state index is 4.52. The minimum Gasteiger partial charge on any atom is -0.348 e. The van der Waals surface area contributed by atoms with E-state index in [1.54, 1.807) is 11.3 Å². The van der Waals surface area contributed by atoms with E-state index in [2.05, 4.69) is 40.3 Å². The molecule has 2 heterocycles. The molecule has 1 N–H and O–H groups in total. The minimum absolute atomic E-state index is 0.205. The minimum atomic E-state index is 0.205. The Balaban J connectivity index is 2.21. The van der Waals surface area contributed by atoms with E-state index in [0.29, 0.717) is 0 Å². The molecule has 2 aromatic heterocycles.